The van der Waals surface area contributed by atoms with E-state index >= 15 is 0 Å². The maximum Gasteiger partial charge on any atom is 0.202 e. The molecule has 0 heterocycles. The molecule has 62 valence electrons. The second-order valence-electron chi connectivity index (χ2n) is 1.82. The lowest BCUT2D eigenvalue weighted by Gasteiger charge is -2.25. The molecule has 0 saturated heterocycles. The van der Waals surface area contributed by atoms with E-state index in [2.05, 4.69) is 15.9 Å². The van der Waals surface area contributed by atoms with Crippen LogP contribution in [0.2, 0.25) is 0 Å². The normalized spacial score (nSPS) is 13.2. The number of alkyl halides is 1. The lowest BCUT2D eigenvalue weighted by Crippen LogP contribution is -2.47. The van der Waals surface area contributed by atoms with Crippen LogP contribution in [0.15, 0.2) is 0 Å². The minimum Gasteiger partial charge on any atom is -0.0993 e. The van der Waals surface area contributed by atoms with Gasteiger partial charge in [0.1, 0.15) is 0 Å². The molecule has 0 aliphatic heterocycles. The lowest BCUT2D eigenvalue weighted by molar-refractivity contribution is -0.356. The van der Waals surface area contributed by atoms with Crippen molar-refractivity contribution < 1.29 is 17.9 Å². The SMILES string of the molecule is CC(CBr)(N(F)F)N(F)F. The van der Waals surface area contributed by atoms with Crippen LogP contribution in [-0.4, -0.2) is 21.7 Å². The zero-order valence-corrected chi connectivity index (χ0v) is 6.58. The maximum absolute atomic E-state index is 11.6. The molecule has 0 unspecified atom stereocenters. The Morgan fingerprint density at radius 3 is 1.50 bits per heavy atom. The number of hydrogen-bond donors (Lipinski definition) is 0. The van der Waals surface area contributed by atoms with Crippen LogP contribution in [0, 0.1) is 0 Å². The van der Waals surface area contributed by atoms with Crippen molar-refractivity contribution in [3.8, 4) is 0 Å². The minimum atomic E-state index is -2.54. The summed E-state index contributed by atoms with van der Waals surface area (Å²) in [5, 5.41) is -3.65. The van der Waals surface area contributed by atoms with Crippen molar-refractivity contribution in [1.29, 1.82) is 0 Å². The van der Waals surface area contributed by atoms with E-state index in [4.69, 9.17) is 0 Å². The third-order valence-electron chi connectivity index (χ3n) is 0.981. The molecular formula is C3H5BrF4N2. The van der Waals surface area contributed by atoms with E-state index in [1.807, 2.05) is 0 Å². The Bertz CT molecular complexity index is 101. The fraction of sp³-hybridized carbons (Fsp3) is 1.00. The Labute approximate surface area is 63.3 Å². The topological polar surface area (TPSA) is 6.48 Å². The average molecular weight is 225 g/mol. The zero-order chi connectivity index (χ0) is 8.36. The monoisotopic (exact) mass is 224 g/mol. The molecule has 10 heavy (non-hydrogen) atoms. The van der Waals surface area contributed by atoms with E-state index in [0.717, 1.165) is 0 Å². The molecular weight excluding hydrogens is 220 g/mol. The molecule has 0 aliphatic carbocycles. The van der Waals surface area contributed by atoms with Gasteiger partial charge in [0.05, 0.1) is 0 Å². The first-order chi connectivity index (χ1) is 4.45. The van der Waals surface area contributed by atoms with Crippen molar-refractivity contribution in [2.45, 2.75) is 12.6 Å². The average Bonchev–Trinajstić information content (AvgIpc) is 1.85. The molecule has 0 atom stereocenters. The van der Waals surface area contributed by atoms with E-state index < -0.39 is 21.7 Å². The van der Waals surface area contributed by atoms with Crippen molar-refractivity contribution in [2.24, 2.45) is 0 Å². The maximum atomic E-state index is 11.6. The quantitative estimate of drug-likeness (QED) is 0.314. The summed E-state index contributed by atoms with van der Waals surface area (Å²) in [4.78, 5) is 0. The lowest BCUT2D eigenvalue weighted by atomic mass is 10.3. The van der Waals surface area contributed by atoms with Gasteiger partial charge < -0.3 is 0 Å². The highest BCUT2D eigenvalue weighted by atomic mass is 79.9. The Morgan fingerprint density at radius 2 is 1.50 bits per heavy atom. The first-order valence-corrected chi connectivity index (χ1v) is 3.37. The molecule has 0 aromatic carbocycles. The number of rotatable bonds is 3. The van der Waals surface area contributed by atoms with Gasteiger partial charge in [0, 0.05) is 16.0 Å². The molecule has 0 amide bonds. The molecule has 0 spiro atoms. The number of hydrogen-bond acceptors (Lipinski definition) is 2. The smallest absolute Gasteiger partial charge is 0.0993 e. The van der Waals surface area contributed by atoms with Gasteiger partial charge in [-0.15, -0.1) is 0 Å². The molecule has 2 nitrogen and oxygen atoms in total. The predicted molar refractivity (Wildman–Crippen MR) is 30.3 cm³/mol. The van der Waals surface area contributed by atoms with Gasteiger partial charge in [-0.25, -0.2) is 0 Å². The van der Waals surface area contributed by atoms with Crippen molar-refractivity contribution >= 4 is 15.9 Å². The van der Waals surface area contributed by atoms with Gasteiger partial charge in [-0.3, -0.25) is 0 Å². The second-order valence-corrected chi connectivity index (χ2v) is 2.38. The molecule has 0 fully saturated rings. The molecule has 0 rings (SSSR count). The first kappa shape index (κ1) is 10.1. The van der Waals surface area contributed by atoms with Gasteiger partial charge >= 0.3 is 0 Å². The molecule has 7 heteroatoms. The third kappa shape index (κ3) is 1.80. The molecule has 0 radical (unpaired) electrons. The van der Waals surface area contributed by atoms with Gasteiger partial charge in [-0.1, -0.05) is 33.9 Å². The Kier molecular flexibility index (Phi) is 3.54. The Hall–Kier alpha value is 0.120. The third-order valence-corrected chi connectivity index (χ3v) is 2.04. The summed E-state index contributed by atoms with van der Waals surface area (Å²) in [6.45, 7) is 0.696. The Balaban J connectivity index is 4.23. The van der Waals surface area contributed by atoms with Crippen LogP contribution in [0.25, 0.3) is 0 Å². The summed E-state index contributed by atoms with van der Waals surface area (Å²) in [6, 6.07) is 0. The first-order valence-electron chi connectivity index (χ1n) is 2.24. The van der Waals surface area contributed by atoms with Gasteiger partial charge in [-0.05, 0) is 6.92 Å². The number of nitrogens with zero attached hydrogens (tertiary/aromatic N) is 2. The number of halogens is 5. The van der Waals surface area contributed by atoms with Crippen molar-refractivity contribution in [2.75, 3.05) is 5.33 Å². The summed E-state index contributed by atoms with van der Waals surface area (Å²) in [5.41, 5.74) is -2.54. The van der Waals surface area contributed by atoms with Crippen LogP contribution in [0.1, 0.15) is 6.92 Å². The Morgan fingerprint density at radius 1 is 1.20 bits per heavy atom. The summed E-state index contributed by atoms with van der Waals surface area (Å²) in [6.07, 6.45) is 0. The van der Waals surface area contributed by atoms with Crippen LogP contribution in [-0.2, 0) is 0 Å². The molecule has 0 aliphatic rings. The van der Waals surface area contributed by atoms with E-state index in [0.29, 0.717) is 6.92 Å². The summed E-state index contributed by atoms with van der Waals surface area (Å²) < 4.78 is 46.5. The highest BCUT2D eigenvalue weighted by Gasteiger charge is 2.41. The van der Waals surface area contributed by atoms with E-state index in [-0.39, 0.29) is 0 Å². The van der Waals surface area contributed by atoms with Crippen LogP contribution >= 0.6 is 15.9 Å². The molecule has 0 aromatic rings. The molecule has 0 saturated carbocycles. The fourth-order valence-electron chi connectivity index (χ4n) is 0.147. The van der Waals surface area contributed by atoms with Crippen molar-refractivity contribution in [3.05, 3.63) is 0 Å². The van der Waals surface area contributed by atoms with E-state index in [9.17, 15) is 17.9 Å². The fourth-order valence-corrected chi connectivity index (χ4v) is 0.527. The summed E-state index contributed by atoms with van der Waals surface area (Å²) in [7, 11) is 0. The van der Waals surface area contributed by atoms with Crippen LogP contribution < -0.4 is 0 Å². The van der Waals surface area contributed by atoms with Gasteiger partial charge in [0.2, 0.25) is 5.66 Å². The zero-order valence-electron chi connectivity index (χ0n) is 4.99. The minimum absolute atomic E-state index is 0.542. The second kappa shape index (κ2) is 3.49. The highest BCUT2D eigenvalue weighted by molar-refractivity contribution is 9.09. The molecule has 0 N–H and O–H groups in total. The highest BCUT2D eigenvalue weighted by Crippen LogP contribution is 2.24. The van der Waals surface area contributed by atoms with Crippen LogP contribution in [0.3, 0.4) is 0 Å². The van der Waals surface area contributed by atoms with Crippen molar-refractivity contribution in [1.82, 2.24) is 10.7 Å². The van der Waals surface area contributed by atoms with Gasteiger partial charge in [0.15, 0.2) is 0 Å². The standard InChI is InChI=1S/C3H5BrF4N2/c1-3(2-4,9(5)6)10(7)8/h2H2,1H3. The largest absolute Gasteiger partial charge is 0.202 e. The molecule has 0 bridgehead atoms. The summed E-state index contributed by atoms with van der Waals surface area (Å²) >= 11 is 2.53. The summed E-state index contributed by atoms with van der Waals surface area (Å²) in [5.74, 6) is 0. The van der Waals surface area contributed by atoms with Gasteiger partial charge in [0.25, 0.3) is 0 Å². The van der Waals surface area contributed by atoms with Crippen LogP contribution in [0.4, 0.5) is 17.9 Å². The van der Waals surface area contributed by atoms with E-state index in [1.54, 1.807) is 0 Å². The van der Waals surface area contributed by atoms with E-state index in [1.165, 1.54) is 0 Å². The predicted octanol–water partition coefficient (Wildman–Crippen LogP) is 2.24. The van der Waals surface area contributed by atoms with Crippen LogP contribution in [0.5, 0.6) is 0 Å². The van der Waals surface area contributed by atoms with Gasteiger partial charge in [-0.2, -0.15) is 0 Å². The molecule has 0 aromatic heterocycles. The van der Waals surface area contributed by atoms with Crippen molar-refractivity contribution in [3.63, 3.8) is 0 Å².